The monoisotopic (exact) mass is 286 g/mol. The lowest BCUT2D eigenvalue weighted by Gasteiger charge is -2.19. The molecule has 4 heteroatoms. The van der Waals surface area contributed by atoms with Gasteiger partial charge < -0.3 is 14.8 Å². The lowest BCUT2D eigenvalue weighted by Crippen LogP contribution is -2.19. The van der Waals surface area contributed by atoms with Gasteiger partial charge in [-0.2, -0.15) is 0 Å². The van der Waals surface area contributed by atoms with Crippen LogP contribution in [0.15, 0.2) is 24.4 Å². The Bertz CT molecular complexity index is 642. The van der Waals surface area contributed by atoms with Crippen LogP contribution in [0.4, 0.5) is 5.82 Å². The van der Waals surface area contributed by atoms with E-state index in [1.807, 2.05) is 24.4 Å². The lowest BCUT2D eigenvalue weighted by molar-refractivity contribution is 0.174. The summed E-state index contributed by atoms with van der Waals surface area (Å²) in [6.07, 6.45) is 4.18. The summed E-state index contributed by atoms with van der Waals surface area (Å²) in [5, 5.41) is 5.73. The van der Waals surface area contributed by atoms with Crippen molar-refractivity contribution in [1.29, 1.82) is 0 Å². The number of aromatic nitrogens is 1. The number of nitrogens with one attached hydrogen (secondary N) is 1. The van der Waals surface area contributed by atoms with Crippen LogP contribution in [0.25, 0.3) is 10.8 Å². The molecule has 1 aliphatic heterocycles. The third kappa shape index (κ3) is 2.89. The fraction of sp³-hybridized carbons (Fsp3) is 0.471. The van der Waals surface area contributed by atoms with E-state index >= 15 is 0 Å². The van der Waals surface area contributed by atoms with Gasteiger partial charge in [-0.05, 0) is 42.8 Å². The molecule has 0 saturated heterocycles. The summed E-state index contributed by atoms with van der Waals surface area (Å²) in [6.45, 7) is 7.02. The minimum Gasteiger partial charge on any atom is -0.454 e. The van der Waals surface area contributed by atoms with E-state index in [-0.39, 0.29) is 0 Å². The molecule has 0 bridgehead atoms. The largest absolute Gasteiger partial charge is 0.454 e. The van der Waals surface area contributed by atoms with Crippen LogP contribution in [0.1, 0.15) is 33.6 Å². The highest BCUT2D eigenvalue weighted by Crippen LogP contribution is 2.37. The molecule has 1 aromatic heterocycles. The molecule has 1 aliphatic rings. The minimum absolute atomic E-state index is 0.298. The van der Waals surface area contributed by atoms with Crippen LogP contribution < -0.4 is 14.8 Å². The molecule has 2 aromatic rings. The van der Waals surface area contributed by atoms with Crippen molar-refractivity contribution in [3.63, 3.8) is 0 Å². The fourth-order valence-corrected chi connectivity index (χ4v) is 2.74. The van der Waals surface area contributed by atoms with Gasteiger partial charge in [0.15, 0.2) is 11.5 Å². The zero-order valence-corrected chi connectivity index (χ0v) is 12.8. The van der Waals surface area contributed by atoms with Crippen LogP contribution in [-0.4, -0.2) is 17.8 Å². The summed E-state index contributed by atoms with van der Waals surface area (Å²) >= 11 is 0. The zero-order chi connectivity index (χ0) is 14.8. The number of rotatable bonds is 5. The molecule has 21 heavy (non-hydrogen) atoms. The van der Waals surface area contributed by atoms with Crippen LogP contribution in [0, 0.1) is 5.92 Å². The van der Waals surface area contributed by atoms with Crippen molar-refractivity contribution in [1.82, 2.24) is 4.98 Å². The standard InChI is InChI=1S/C17H22N2O2/c1-4-11(2)7-12(3)19-17-14-9-16-15(20-10-21-16)8-13(14)5-6-18-17/h5-6,8-9,11-12H,4,7,10H2,1-3H3,(H,18,19). The molecule has 1 aromatic carbocycles. The maximum Gasteiger partial charge on any atom is 0.231 e. The first-order chi connectivity index (χ1) is 10.2. The van der Waals surface area contributed by atoms with E-state index in [1.165, 1.54) is 6.42 Å². The Morgan fingerprint density at radius 1 is 1.24 bits per heavy atom. The topological polar surface area (TPSA) is 43.4 Å². The van der Waals surface area contributed by atoms with Gasteiger partial charge in [0.1, 0.15) is 5.82 Å². The second kappa shape index (κ2) is 5.80. The van der Waals surface area contributed by atoms with Crippen molar-refractivity contribution in [2.75, 3.05) is 12.1 Å². The predicted molar refractivity (Wildman–Crippen MR) is 85.0 cm³/mol. The number of hydrogen-bond acceptors (Lipinski definition) is 4. The first-order valence-electron chi connectivity index (χ1n) is 7.62. The highest BCUT2D eigenvalue weighted by Gasteiger charge is 2.16. The van der Waals surface area contributed by atoms with Crippen LogP contribution in [0.3, 0.4) is 0 Å². The van der Waals surface area contributed by atoms with E-state index in [1.54, 1.807) is 0 Å². The molecule has 1 N–H and O–H groups in total. The number of ether oxygens (including phenoxy) is 2. The van der Waals surface area contributed by atoms with Crippen LogP contribution in [0.5, 0.6) is 11.5 Å². The summed E-state index contributed by atoms with van der Waals surface area (Å²) in [5.41, 5.74) is 0. The van der Waals surface area contributed by atoms with Gasteiger partial charge in [0.05, 0.1) is 0 Å². The zero-order valence-electron chi connectivity index (χ0n) is 12.8. The van der Waals surface area contributed by atoms with Crippen LogP contribution in [-0.2, 0) is 0 Å². The van der Waals surface area contributed by atoms with Gasteiger partial charge in [-0.25, -0.2) is 4.98 Å². The van der Waals surface area contributed by atoms with E-state index in [4.69, 9.17) is 9.47 Å². The maximum absolute atomic E-state index is 5.47. The van der Waals surface area contributed by atoms with Crippen LogP contribution in [0.2, 0.25) is 0 Å². The van der Waals surface area contributed by atoms with E-state index in [9.17, 15) is 0 Å². The molecule has 0 spiro atoms. The molecule has 3 rings (SSSR count). The summed E-state index contributed by atoms with van der Waals surface area (Å²) in [5.74, 6) is 3.24. The molecule has 0 aliphatic carbocycles. The van der Waals surface area contributed by atoms with E-state index in [0.717, 1.165) is 34.5 Å². The van der Waals surface area contributed by atoms with Gasteiger partial charge in [0.25, 0.3) is 0 Å². The second-order valence-electron chi connectivity index (χ2n) is 5.88. The number of benzene rings is 1. The normalized spacial score (nSPS) is 16.0. The Hall–Kier alpha value is -1.97. The number of hydrogen-bond donors (Lipinski definition) is 1. The van der Waals surface area contributed by atoms with Crippen LogP contribution >= 0.6 is 0 Å². The molecule has 2 atom stereocenters. The van der Waals surface area contributed by atoms with Gasteiger partial charge in [-0.15, -0.1) is 0 Å². The number of anilines is 1. The Morgan fingerprint density at radius 2 is 2.00 bits per heavy atom. The maximum atomic E-state index is 5.47. The Balaban J connectivity index is 1.88. The first-order valence-corrected chi connectivity index (χ1v) is 7.62. The van der Waals surface area contributed by atoms with Crippen molar-refractivity contribution in [2.45, 2.75) is 39.7 Å². The SMILES string of the molecule is CCC(C)CC(C)Nc1nccc2cc3c(cc12)OCO3. The smallest absolute Gasteiger partial charge is 0.231 e. The molecule has 0 radical (unpaired) electrons. The van der Waals surface area contributed by atoms with Gasteiger partial charge in [0.2, 0.25) is 6.79 Å². The Kier molecular flexibility index (Phi) is 3.86. The van der Waals surface area contributed by atoms with Gasteiger partial charge in [0, 0.05) is 17.6 Å². The van der Waals surface area contributed by atoms with Gasteiger partial charge in [-0.1, -0.05) is 20.3 Å². The van der Waals surface area contributed by atoms with Crippen molar-refractivity contribution in [2.24, 2.45) is 5.92 Å². The Morgan fingerprint density at radius 3 is 2.76 bits per heavy atom. The number of nitrogens with zero attached hydrogens (tertiary/aromatic N) is 1. The Labute approximate surface area is 125 Å². The highest BCUT2D eigenvalue weighted by atomic mass is 16.7. The van der Waals surface area contributed by atoms with Gasteiger partial charge in [-0.3, -0.25) is 0 Å². The van der Waals surface area contributed by atoms with Gasteiger partial charge >= 0.3 is 0 Å². The third-order valence-corrected chi connectivity index (χ3v) is 4.09. The highest BCUT2D eigenvalue weighted by molar-refractivity contribution is 5.94. The number of fused-ring (bicyclic) bond motifs is 2. The molecule has 4 nitrogen and oxygen atoms in total. The summed E-state index contributed by atoms with van der Waals surface area (Å²) in [7, 11) is 0. The molecule has 2 unspecified atom stereocenters. The minimum atomic E-state index is 0.298. The molecule has 0 fully saturated rings. The average Bonchev–Trinajstić information content (AvgIpc) is 2.92. The quantitative estimate of drug-likeness (QED) is 0.894. The molecular formula is C17H22N2O2. The lowest BCUT2D eigenvalue weighted by atomic mass is 10.0. The predicted octanol–water partition coefficient (Wildman–Crippen LogP) is 4.20. The molecule has 112 valence electrons. The van der Waals surface area contributed by atoms with E-state index in [0.29, 0.717) is 18.8 Å². The molecular weight excluding hydrogens is 264 g/mol. The van der Waals surface area contributed by atoms with Crippen molar-refractivity contribution < 1.29 is 9.47 Å². The molecule has 2 heterocycles. The molecule has 0 saturated carbocycles. The summed E-state index contributed by atoms with van der Waals surface area (Å²) < 4.78 is 10.9. The van der Waals surface area contributed by atoms with Crippen molar-refractivity contribution in [3.8, 4) is 11.5 Å². The second-order valence-corrected chi connectivity index (χ2v) is 5.88. The van der Waals surface area contributed by atoms with Crippen molar-refractivity contribution in [3.05, 3.63) is 24.4 Å². The van der Waals surface area contributed by atoms with E-state index < -0.39 is 0 Å². The number of pyridine rings is 1. The average molecular weight is 286 g/mol. The summed E-state index contributed by atoms with van der Waals surface area (Å²) in [6, 6.07) is 6.43. The first kappa shape index (κ1) is 14.0. The van der Waals surface area contributed by atoms with E-state index in [2.05, 4.69) is 31.1 Å². The third-order valence-electron chi connectivity index (χ3n) is 4.09. The molecule has 0 amide bonds. The summed E-state index contributed by atoms with van der Waals surface area (Å²) in [4.78, 5) is 4.50. The van der Waals surface area contributed by atoms with Crippen molar-refractivity contribution >= 4 is 16.6 Å². The fourth-order valence-electron chi connectivity index (χ4n) is 2.74.